The molecule has 0 bridgehead atoms. The molecule has 60 valence electrons. The molecule has 1 unspecified atom stereocenters. The van der Waals surface area contributed by atoms with E-state index >= 15 is 0 Å². The molecule has 1 aromatic heterocycles. The van der Waals surface area contributed by atoms with E-state index in [2.05, 4.69) is 9.97 Å². The highest BCUT2D eigenvalue weighted by molar-refractivity contribution is 5.73. The Labute approximate surface area is 64.7 Å². The number of carboxylic acids is 1. The zero-order valence-electron chi connectivity index (χ0n) is 6.69. The summed E-state index contributed by atoms with van der Waals surface area (Å²) in [5.41, 5.74) is 5.62. The average molecular weight is 161 g/mol. The number of nitrogens with zero attached hydrogens (tertiary/aromatic N) is 1. The smallest absolute Gasteiger partial charge is 0.320 e. The highest BCUT2D eigenvalue weighted by Gasteiger charge is 2.11. The van der Waals surface area contributed by atoms with Crippen molar-refractivity contribution < 1.29 is 11.3 Å². The van der Waals surface area contributed by atoms with Gasteiger partial charge in [-0.05, 0) is 0 Å². The average Bonchev–Trinajstić information content (AvgIpc) is 2.53. The molecule has 5 nitrogen and oxygen atoms in total. The number of imidazole rings is 1. The fourth-order valence-corrected chi connectivity index (χ4v) is 0.623. The number of hydrogen-bond donors (Lipinski definition) is 3. The first-order chi connectivity index (χ1) is 5.63. The third-order valence-electron chi connectivity index (χ3n) is 1.16. The van der Waals surface area contributed by atoms with Gasteiger partial charge < -0.3 is 15.8 Å². The quantitative estimate of drug-likeness (QED) is 0.406. The van der Waals surface area contributed by atoms with Crippen LogP contribution in [0.2, 0.25) is 0 Å². The Kier molecular flexibility index (Phi) is 1.82. The Hall–Kier alpha value is -1.36. The predicted molar refractivity (Wildman–Crippen MR) is 37.9 cm³/mol. The molecule has 1 aromatic rings. The second kappa shape index (κ2) is 3.16. The van der Waals surface area contributed by atoms with Crippen LogP contribution in [-0.2, 0) is 11.2 Å². The molecule has 0 fully saturated rings. The SMILES string of the molecule is [2H][13CH](c1c[15n][13cH][15nH]1)[C@H]([15NH2])C(=O)O. The van der Waals surface area contributed by atoms with Crippen LogP contribution in [0.15, 0.2) is 12.5 Å². The molecule has 0 amide bonds. The minimum absolute atomic E-state index is 0.407. The van der Waals surface area contributed by atoms with Gasteiger partial charge in [-0.15, -0.1) is 0 Å². The summed E-state index contributed by atoms with van der Waals surface area (Å²) in [6.07, 6.45) is 1.77. The Morgan fingerprint density at radius 3 is 3.27 bits per heavy atom. The van der Waals surface area contributed by atoms with E-state index in [4.69, 9.17) is 12.2 Å². The van der Waals surface area contributed by atoms with E-state index in [0.717, 1.165) is 0 Å². The summed E-state index contributed by atoms with van der Waals surface area (Å²) in [7, 11) is 0. The number of hydrogen-bond acceptors (Lipinski definition) is 3. The molecule has 11 heavy (non-hydrogen) atoms. The first-order valence-corrected chi connectivity index (χ1v) is 3.02. The maximum absolute atomic E-state index is 10.4. The van der Waals surface area contributed by atoms with Gasteiger partial charge >= 0.3 is 5.97 Å². The topological polar surface area (TPSA) is 92.0 Å². The van der Waals surface area contributed by atoms with Crippen LogP contribution in [-0.4, -0.2) is 27.1 Å². The van der Waals surface area contributed by atoms with Crippen molar-refractivity contribution in [3.8, 4) is 0 Å². The van der Waals surface area contributed by atoms with Gasteiger partial charge in [-0.2, -0.15) is 0 Å². The van der Waals surface area contributed by atoms with Crippen molar-refractivity contribution in [1.82, 2.24) is 9.97 Å². The van der Waals surface area contributed by atoms with Crippen molar-refractivity contribution in [3.63, 3.8) is 0 Å². The van der Waals surface area contributed by atoms with E-state index in [1.165, 1.54) is 12.5 Å². The summed E-state index contributed by atoms with van der Waals surface area (Å²) in [5, 5.41) is 8.47. The predicted octanol–water partition coefficient (Wildman–Crippen LogP) is -0.636. The number of H-pyrrole nitrogens is 1. The normalized spacial score (nSPS) is 17.0. The van der Waals surface area contributed by atoms with Crippen LogP contribution in [0.1, 0.15) is 7.06 Å². The molecule has 4 N–H and O–H groups in total. The first kappa shape index (κ1) is 6.36. The largest absolute Gasteiger partial charge is 0.480 e. The lowest BCUT2D eigenvalue weighted by molar-refractivity contribution is -0.138. The zero-order chi connectivity index (χ0) is 9.14. The van der Waals surface area contributed by atoms with Crippen LogP contribution >= 0.6 is 0 Å². The molecule has 0 aliphatic rings. The van der Waals surface area contributed by atoms with Crippen LogP contribution in [0.25, 0.3) is 0 Å². The van der Waals surface area contributed by atoms with E-state index in [1.54, 1.807) is 0 Å². The van der Waals surface area contributed by atoms with Crippen LogP contribution < -0.4 is 5.73 Å². The maximum Gasteiger partial charge on any atom is 0.320 e. The summed E-state index contributed by atoms with van der Waals surface area (Å²) in [5.74, 6) is -1.19. The Morgan fingerprint density at radius 2 is 2.82 bits per heavy atom. The maximum atomic E-state index is 10.4. The van der Waals surface area contributed by atoms with Gasteiger partial charge in [0.15, 0.2) is 0 Å². The third kappa shape index (κ3) is 2.05. The van der Waals surface area contributed by atoms with Crippen molar-refractivity contribution >= 4 is 5.97 Å². The molecule has 0 aliphatic carbocycles. The van der Waals surface area contributed by atoms with Crippen LogP contribution in [0, 0.1) is 0 Å². The van der Waals surface area contributed by atoms with Crippen molar-refractivity contribution in [2.45, 2.75) is 12.4 Å². The summed E-state index contributed by atoms with van der Waals surface area (Å²) < 4.78 is 7.39. The van der Waals surface area contributed by atoms with E-state index in [9.17, 15) is 4.79 Å². The van der Waals surface area contributed by atoms with E-state index in [0.29, 0.717) is 5.69 Å². The third-order valence-corrected chi connectivity index (χ3v) is 1.16. The number of carboxylic acid groups (broad SMARTS) is 1. The first-order valence-electron chi connectivity index (χ1n) is 3.59. The molecule has 0 aliphatic heterocycles. The Balaban J connectivity index is 2.71. The minimum Gasteiger partial charge on any atom is -0.480 e. The lowest BCUT2D eigenvalue weighted by Crippen LogP contribution is -2.32. The highest BCUT2D eigenvalue weighted by atomic mass is 16.4. The van der Waals surface area contributed by atoms with E-state index < -0.39 is 18.4 Å². The second-order valence-corrected chi connectivity index (χ2v) is 2.04. The van der Waals surface area contributed by atoms with E-state index in [-0.39, 0.29) is 0 Å². The van der Waals surface area contributed by atoms with Crippen molar-refractivity contribution in [2.24, 2.45) is 5.73 Å². The highest BCUT2D eigenvalue weighted by Crippen LogP contribution is 1.95. The molecule has 0 saturated heterocycles. The molecular formula is C6H9N3O2. The van der Waals surface area contributed by atoms with Gasteiger partial charge in [-0.25, -0.2) is 4.98 Å². The fraction of sp³-hybridized carbons (Fsp3) is 0.333. The minimum atomic E-state index is -1.22. The molecule has 0 aromatic carbocycles. The molecule has 1 heterocycles. The molecule has 0 saturated carbocycles. The molecule has 5 heteroatoms. The lowest BCUT2D eigenvalue weighted by atomic mass is 10.4. The van der Waals surface area contributed by atoms with Gasteiger partial charge in [0.2, 0.25) is 0 Å². The van der Waals surface area contributed by atoms with E-state index in [1.807, 2.05) is 0 Å². The second-order valence-electron chi connectivity index (χ2n) is 2.04. The molecule has 2 atom stereocenters. The molecular weight excluding hydrogens is 151 g/mol. The van der Waals surface area contributed by atoms with Gasteiger partial charge in [0.05, 0.1) is 6.33 Å². The molecule has 0 radical (unpaired) electrons. The van der Waals surface area contributed by atoms with Gasteiger partial charge in [-0.3, -0.25) is 4.79 Å². The van der Waals surface area contributed by atoms with Gasteiger partial charge in [-0.1, -0.05) is 0 Å². The van der Waals surface area contributed by atoms with Crippen molar-refractivity contribution in [2.75, 3.05) is 0 Å². The number of nitrogens with two attached hydrogens (primary N) is 1. The number of aliphatic carboxylic acids is 1. The van der Waals surface area contributed by atoms with Crippen LogP contribution in [0.5, 0.6) is 0 Å². The summed E-state index contributed by atoms with van der Waals surface area (Å²) in [4.78, 5) is 16.6. The van der Waals surface area contributed by atoms with Crippen LogP contribution in [0.3, 0.4) is 0 Å². The Morgan fingerprint density at radius 1 is 2.09 bits per heavy atom. The fourth-order valence-electron chi connectivity index (χ4n) is 0.623. The molecule has 1 rings (SSSR count). The summed E-state index contributed by atoms with van der Waals surface area (Å²) in [6.45, 7) is 0. The summed E-state index contributed by atoms with van der Waals surface area (Å²) in [6, 6.07) is -1.22. The number of rotatable bonds is 3. The Bertz CT molecular complexity index is 262. The van der Waals surface area contributed by atoms with Gasteiger partial charge in [0.1, 0.15) is 6.04 Å². The van der Waals surface area contributed by atoms with Crippen LogP contribution in [0.4, 0.5) is 0 Å². The van der Waals surface area contributed by atoms with Crippen molar-refractivity contribution in [3.05, 3.63) is 18.2 Å². The van der Waals surface area contributed by atoms with Gasteiger partial charge in [0.25, 0.3) is 0 Å². The zero-order valence-corrected chi connectivity index (χ0v) is 5.69. The number of nitrogens with one attached hydrogen (secondary N) is 1. The summed E-state index contributed by atoms with van der Waals surface area (Å²) >= 11 is 0. The molecule has 0 spiro atoms. The monoisotopic (exact) mass is 161 g/mol. The van der Waals surface area contributed by atoms with Gasteiger partial charge in [0, 0.05) is 19.7 Å². The number of carbonyl (C=O) groups is 1. The number of aromatic nitrogens is 2. The number of aromatic amines is 1. The lowest BCUT2D eigenvalue weighted by Gasteiger charge is -2.02. The van der Waals surface area contributed by atoms with Crippen molar-refractivity contribution in [1.29, 1.82) is 0 Å². The standard InChI is InChI=1S/C6H9N3O2/c7-5(6(10)11)1-4-2-8-3-9-4/h2-3,5H,1,7H2,(H,8,9)(H,10,11)/t5-/m0/s1/i1+1D,3+1,7+1,8+1,9+1/t1?,5-.